The van der Waals surface area contributed by atoms with Gasteiger partial charge in [0.2, 0.25) is 0 Å². The Balaban J connectivity index is 0.00000182. The summed E-state index contributed by atoms with van der Waals surface area (Å²) in [7, 11) is -4.85. The van der Waals surface area contributed by atoms with Crippen LogP contribution < -0.4 is 29.6 Å². The van der Waals surface area contributed by atoms with Gasteiger partial charge in [0.25, 0.3) is 0 Å². The van der Waals surface area contributed by atoms with E-state index in [1.54, 1.807) is 0 Å². The number of Topliss-reactive ketones (excluding diaryl/α,β-unsaturated/α-hetero) is 1. The van der Waals surface area contributed by atoms with E-state index in [1.165, 1.54) is 6.42 Å². The van der Waals surface area contributed by atoms with Gasteiger partial charge in [-0.2, -0.15) is 11.8 Å². The normalized spacial score (nSPS) is 47.0. The van der Waals surface area contributed by atoms with Crippen molar-refractivity contribution in [1.82, 2.24) is 0 Å². The molecule has 4 rings (SSSR count). The second kappa shape index (κ2) is 7.03. The summed E-state index contributed by atoms with van der Waals surface area (Å²) in [6, 6.07) is 0. The average molecular weight is 398 g/mol. The molecule has 2 saturated heterocycles. The average Bonchev–Trinajstić information content (AvgIpc) is 2.87. The molecule has 2 aliphatic heterocycles. The molecule has 9 heteroatoms. The summed E-state index contributed by atoms with van der Waals surface area (Å²) in [6.07, 6.45) is 5.96. The Bertz CT molecular complexity index is 655. The van der Waals surface area contributed by atoms with Gasteiger partial charge in [-0.25, -0.2) is 8.42 Å². The molecule has 0 amide bonds. The minimum atomic E-state index is -4.85. The maximum absolute atomic E-state index is 13.0. The molecule has 0 aromatic carbocycles. The SMILES string of the molecule is O=C1C2CCCCC2SC2CCC3(CC12)CC(O)(S(=O)(=O)[O-])CO3.[Na+]. The van der Waals surface area contributed by atoms with Crippen molar-refractivity contribution in [1.29, 1.82) is 0 Å². The quantitative estimate of drug-likeness (QED) is 0.420. The maximum Gasteiger partial charge on any atom is 1.00 e. The smallest absolute Gasteiger partial charge is 0.746 e. The summed E-state index contributed by atoms with van der Waals surface area (Å²) in [5.41, 5.74) is -0.842. The monoisotopic (exact) mass is 398 g/mol. The number of aliphatic hydroxyl groups is 1. The van der Waals surface area contributed by atoms with Gasteiger partial charge in [0.1, 0.15) is 15.9 Å². The molecule has 0 aromatic heterocycles. The summed E-state index contributed by atoms with van der Waals surface area (Å²) < 4.78 is 39.7. The number of hydrogen-bond acceptors (Lipinski definition) is 7. The zero-order chi connectivity index (χ0) is 17.2. The zero-order valence-electron chi connectivity index (χ0n) is 14.5. The Morgan fingerprint density at radius 1 is 1.16 bits per heavy atom. The summed E-state index contributed by atoms with van der Waals surface area (Å²) in [5.74, 6) is 0.273. The van der Waals surface area contributed by atoms with E-state index >= 15 is 0 Å². The molecule has 1 spiro atoms. The van der Waals surface area contributed by atoms with Crippen molar-refractivity contribution in [2.45, 2.75) is 72.4 Å². The number of thioether (sulfide) groups is 1. The Kier molecular flexibility index (Phi) is 5.78. The third-order valence-electron chi connectivity index (χ3n) is 6.38. The Morgan fingerprint density at radius 2 is 1.84 bits per heavy atom. The second-order valence-electron chi connectivity index (χ2n) is 7.90. The van der Waals surface area contributed by atoms with Gasteiger partial charge < -0.3 is 14.4 Å². The first kappa shape index (κ1) is 20.6. The number of ketones is 1. The number of fused-ring (bicyclic) bond motifs is 2. The molecule has 2 aliphatic carbocycles. The molecular weight excluding hydrogens is 375 g/mol. The summed E-state index contributed by atoms with van der Waals surface area (Å²) >= 11 is 1.93. The molecule has 6 nitrogen and oxygen atoms in total. The Morgan fingerprint density at radius 3 is 2.52 bits per heavy atom. The fourth-order valence-electron chi connectivity index (χ4n) is 5.10. The largest absolute Gasteiger partial charge is 1.00 e. The van der Waals surface area contributed by atoms with E-state index in [0.29, 0.717) is 23.9 Å². The van der Waals surface area contributed by atoms with Crippen molar-refractivity contribution in [3.8, 4) is 0 Å². The number of carbonyl (C=O) groups is 1. The molecular formula is C16H23NaO6S2. The van der Waals surface area contributed by atoms with Gasteiger partial charge >= 0.3 is 29.6 Å². The number of ether oxygens (including phenoxy) is 1. The Labute approximate surface area is 174 Å². The minimum Gasteiger partial charge on any atom is -0.746 e. The molecule has 0 radical (unpaired) electrons. The van der Waals surface area contributed by atoms with E-state index < -0.39 is 27.3 Å². The molecule has 6 atom stereocenters. The minimum absolute atomic E-state index is 0. The van der Waals surface area contributed by atoms with Crippen LogP contribution in [-0.2, 0) is 19.6 Å². The predicted octanol–water partition coefficient (Wildman–Crippen LogP) is -1.57. The van der Waals surface area contributed by atoms with Gasteiger partial charge in [0, 0.05) is 28.8 Å². The van der Waals surface area contributed by atoms with Crippen molar-refractivity contribution in [2.24, 2.45) is 11.8 Å². The van der Waals surface area contributed by atoms with Crippen LogP contribution in [0.2, 0.25) is 0 Å². The number of carbonyl (C=O) groups excluding carboxylic acids is 1. The van der Waals surface area contributed by atoms with Crippen LogP contribution in [0.15, 0.2) is 0 Å². The summed E-state index contributed by atoms with van der Waals surface area (Å²) in [4.78, 5) is 10.6. The van der Waals surface area contributed by atoms with Crippen LogP contribution in [0.25, 0.3) is 0 Å². The summed E-state index contributed by atoms with van der Waals surface area (Å²) in [5, 5.41) is 10.9. The third kappa shape index (κ3) is 3.50. The fourth-order valence-corrected chi connectivity index (χ4v) is 7.62. The summed E-state index contributed by atoms with van der Waals surface area (Å²) in [6.45, 7) is -0.483. The molecule has 1 N–H and O–H groups in total. The van der Waals surface area contributed by atoms with E-state index in [9.17, 15) is 22.9 Å². The van der Waals surface area contributed by atoms with Crippen LogP contribution >= 0.6 is 11.8 Å². The van der Waals surface area contributed by atoms with E-state index in [1.807, 2.05) is 11.8 Å². The van der Waals surface area contributed by atoms with Crippen LogP contribution in [0.3, 0.4) is 0 Å². The topological polar surface area (TPSA) is 104 Å². The standard InChI is InChI=1S/C16H24O6S2.Na/c17-14-10-3-1-2-4-12(10)23-13-5-6-15(7-11(13)14)8-16(18,9-22-15)24(19,20)21;/h10-13,18H,1-9H2,(H,19,20,21);/q;+1/p-1. The molecule has 4 fully saturated rings. The fraction of sp³-hybridized carbons (Fsp3) is 0.938. The first-order valence-electron chi connectivity index (χ1n) is 8.74. The van der Waals surface area contributed by atoms with Crippen LogP contribution in [0, 0.1) is 11.8 Å². The van der Waals surface area contributed by atoms with E-state index in [-0.39, 0.29) is 53.1 Å². The molecule has 2 saturated carbocycles. The Hall–Kier alpha value is 0.850. The van der Waals surface area contributed by atoms with Gasteiger partial charge in [-0.15, -0.1) is 0 Å². The molecule has 2 heterocycles. The van der Waals surface area contributed by atoms with Crippen molar-refractivity contribution in [3.05, 3.63) is 0 Å². The zero-order valence-corrected chi connectivity index (χ0v) is 18.1. The van der Waals surface area contributed by atoms with Crippen LogP contribution in [0.5, 0.6) is 0 Å². The van der Waals surface area contributed by atoms with Gasteiger partial charge in [-0.05, 0) is 32.1 Å². The molecule has 25 heavy (non-hydrogen) atoms. The van der Waals surface area contributed by atoms with Crippen LogP contribution in [-0.4, -0.2) is 51.5 Å². The van der Waals surface area contributed by atoms with Gasteiger partial charge in [0.05, 0.1) is 12.2 Å². The number of hydrogen-bond donors (Lipinski definition) is 1. The van der Waals surface area contributed by atoms with Crippen LogP contribution in [0.4, 0.5) is 0 Å². The van der Waals surface area contributed by atoms with E-state index in [2.05, 4.69) is 0 Å². The predicted molar refractivity (Wildman–Crippen MR) is 87.4 cm³/mol. The third-order valence-corrected chi connectivity index (χ3v) is 9.40. The molecule has 0 bridgehead atoms. The molecule has 136 valence electrons. The van der Waals surface area contributed by atoms with Gasteiger partial charge in [-0.3, -0.25) is 4.79 Å². The van der Waals surface area contributed by atoms with Crippen LogP contribution in [0.1, 0.15) is 51.4 Å². The van der Waals surface area contributed by atoms with Crippen molar-refractivity contribution >= 4 is 27.7 Å². The van der Waals surface area contributed by atoms with Gasteiger partial charge in [-0.1, -0.05) is 12.8 Å². The van der Waals surface area contributed by atoms with Crippen molar-refractivity contribution in [3.63, 3.8) is 0 Å². The molecule has 4 aliphatic rings. The first-order valence-corrected chi connectivity index (χ1v) is 11.1. The van der Waals surface area contributed by atoms with Crippen molar-refractivity contribution < 1.29 is 57.2 Å². The first-order chi connectivity index (χ1) is 11.2. The van der Waals surface area contributed by atoms with E-state index in [4.69, 9.17) is 4.74 Å². The van der Waals surface area contributed by atoms with E-state index in [0.717, 1.165) is 25.7 Å². The van der Waals surface area contributed by atoms with Crippen molar-refractivity contribution in [2.75, 3.05) is 6.61 Å². The maximum atomic E-state index is 13.0. The molecule has 6 unspecified atom stereocenters. The molecule has 0 aromatic rings. The van der Waals surface area contributed by atoms with Gasteiger partial charge in [0.15, 0.2) is 4.93 Å². The number of rotatable bonds is 1. The second-order valence-corrected chi connectivity index (χ2v) is 11.1.